The van der Waals surface area contributed by atoms with Crippen LogP contribution in [0.4, 0.5) is 17.1 Å². The van der Waals surface area contributed by atoms with E-state index in [1.165, 1.54) is 0 Å². The summed E-state index contributed by atoms with van der Waals surface area (Å²) in [4.78, 5) is 53.9. The van der Waals surface area contributed by atoms with Crippen molar-refractivity contribution in [2.75, 3.05) is 4.90 Å². The van der Waals surface area contributed by atoms with Crippen LogP contribution in [0.5, 0.6) is 0 Å². The van der Waals surface area contributed by atoms with Crippen molar-refractivity contribution in [3.05, 3.63) is 104 Å². The number of benzene rings is 3. The fraction of sp³-hybridized carbons (Fsp3) is 0. The highest BCUT2D eigenvalue weighted by atomic mass is 16.6. The van der Waals surface area contributed by atoms with E-state index < -0.39 is 33.0 Å². The van der Waals surface area contributed by atoms with E-state index >= 15 is 0 Å². The number of rotatable bonds is 4. The quantitative estimate of drug-likeness (QED) is 0.258. The summed E-state index contributed by atoms with van der Waals surface area (Å²) in [7, 11) is 0. The van der Waals surface area contributed by atoms with Gasteiger partial charge in [-0.15, -0.1) is 0 Å². The van der Waals surface area contributed by atoms with Gasteiger partial charge in [-0.1, -0.05) is 48.5 Å². The van der Waals surface area contributed by atoms with Crippen LogP contribution in [0.15, 0.2) is 72.8 Å². The summed E-state index contributed by atoms with van der Waals surface area (Å²) in [6.07, 6.45) is 0. The molecule has 0 fully saturated rings. The molecule has 4 aromatic rings. The topological polar surface area (TPSA) is 137 Å². The Kier molecular flexibility index (Phi) is 4.42. The van der Waals surface area contributed by atoms with E-state index in [0.29, 0.717) is 11.3 Å². The molecule has 0 atom stereocenters. The molecule has 10 heteroatoms. The average molecular weight is 440 g/mol. The number of fused-ring (bicyclic) bond motifs is 3. The Bertz CT molecular complexity index is 1500. The summed E-state index contributed by atoms with van der Waals surface area (Å²) in [5.41, 5.74) is -0.764. The highest BCUT2D eigenvalue weighted by molar-refractivity contribution is 6.39. The molecule has 0 aliphatic carbocycles. The largest absolute Gasteiger partial charge is 0.302 e. The van der Waals surface area contributed by atoms with Gasteiger partial charge in [-0.25, -0.2) is 9.88 Å². The molecule has 0 radical (unpaired) electrons. The van der Waals surface area contributed by atoms with Crippen LogP contribution in [0.25, 0.3) is 22.2 Å². The summed E-state index contributed by atoms with van der Waals surface area (Å²) in [6, 6.07) is 18.5. The van der Waals surface area contributed by atoms with Crippen LogP contribution in [0.2, 0.25) is 0 Å². The number of hydrogen-bond donors (Lipinski definition) is 0. The fourth-order valence-corrected chi connectivity index (χ4v) is 3.94. The maximum atomic E-state index is 13.5. The summed E-state index contributed by atoms with van der Waals surface area (Å²) < 4.78 is 0. The van der Waals surface area contributed by atoms with Crippen LogP contribution in [0.1, 0.15) is 20.7 Å². The number of nitrogens with zero attached hydrogens (tertiary/aromatic N) is 4. The van der Waals surface area contributed by atoms with E-state index in [1.807, 2.05) is 0 Å². The Morgan fingerprint density at radius 1 is 0.758 bits per heavy atom. The van der Waals surface area contributed by atoms with Gasteiger partial charge in [-0.05, 0) is 12.1 Å². The van der Waals surface area contributed by atoms with Crippen molar-refractivity contribution < 1.29 is 19.4 Å². The molecule has 33 heavy (non-hydrogen) atoms. The minimum absolute atomic E-state index is 0.0580. The number of imide groups is 1. The van der Waals surface area contributed by atoms with Crippen molar-refractivity contribution >= 4 is 39.8 Å². The number of nitro groups is 2. The van der Waals surface area contributed by atoms with Gasteiger partial charge in [0.05, 0.1) is 38.4 Å². The second-order valence-electron chi connectivity index (χ2n) is 7.23. The van der Waals surface area contributed by atoms with Gasteiger partial charge in [0, 0.05) is 17.0 Å². The van der Waals surface area contributed by atoms with Gasteiger partial charge < -0.3 is 0 Å². The van der Waals surface area contributed by atoms with Crippen molar-refractivity contribution in [2.24, 2.45) is 0 Å². The van der Waals surface area contributed by atoms with E-state index in [4.69, 9.17) is 0 Å². The number of hydrogen-bond acceptors (Lipinski definition) is 7. The van der Waals surface area contributed by atoms with Crippen LogP contribution in [0.3, 0.4) is 0 Å². The van der Waals surface area contributed by atoms with Crippen molar-refractivity contribution in [1.82, 2.24) is 4.98 Å². The number of pyridine rings is 1. The molecule has 2 amide bonds. The molecular weight excluding hydrogens is 428 g/mol. The highest BCUT2D eigenvalue weighted by Crippen LogP contribution is 2.41. The summed E-state index contributed by atoms with van der Waals surface area (Å²) in [5, 5.41) is 23.1. The Balaban J connectivity index is 1.92. The lowest BCUT2D eigenvalue weighted by Crippen LogP contribution is -2.29. The molecule has 0 N–H and O–H groups in total. The lowest BCUT2D eigenvalue weighted by atomic mass is 9.97. The number of non-ortho nitro benzene ring substituents is 2. The Morgan fingerprint density at radius 2 is 1.36 bits per heavy atom. The van der Waals surface area contributed by atoms with Crippen LogP contribution in [-0.4, -0.2) is 26.6 Å². The molecular formula is C23H12N4O6. The molecule has 1 aromatic heterocycles. The minimum atomic E-state index is -0.792. The molecule has 2 heterocycles. The van der Waals surface area contributed by atoms with Gasteiger partial charge in [0.25, 0.3) is 17.5 Å². The summed E-state index contributed by atoms with van der Waals surface area (Å²) in [6.45, 7) is 0. The van der Waals surface area contributed by atoms with Gasteiger partial charge in [-0.2, -0.15) is 0 Å². The molecule has 3 aromatic carbocycles. The maximum Gasteiger partial charge on any atom is 0.302 e. The molecule has 1 aliphatic heterocycles. The molecule has 10 nitrogen and oxygen atoms in total. The fourth-order valence-electron chi connectivity index (χ4n) is 3.94. The van der Waals surface area contributed by atoms with Gasteiger partial charge in [0.1, 0.15) is 5.52 Å². The Hall–Kier alpha value is -4.99. The highest BCUT2D eigenvalue weighted by Gasteiger charge is 2.42. The zero-order valence-corrected chi connectivity index (χ0v) is 16.7. The van der Waals surface area contributed by atoms with Crippen molar-refractivity contribution in [3.8, 4) is 11.3 Å². The molecule has 0 bridgehead atoms. The second kappa shape index (κ2) is 7.31. The number of amides is 2. The number of para-hydroxylation sites is 1. The van der Waals surface area contributed by atoms with Crippen LogP contribution in [-0.2, 0) is 0 Å². The van der Waals surface area contributed by atoms with Gasteiger partial charge in [-0.3, -0.25) is 29.8 Å². The van der Waals surface area contributed by atoms with E-state index in [1.54, 1.807) is 60.7 Å². The third-order valence-corrected chi connectivity index (χ3v) is 5.36. The van der Waals surface area contributed by atoms with Crippen molar-refractivity contribution in [1.29, 1.82) is 0 Å². The van der Waals surface area contributed by atoms with E-state index in [0.717, 1.165) is 17.0 Å². The summed E-state index contributed by atoms with van der Waals surface area (Å²) in [5.74, 6) is -1.40. The molecule has 5 rings (SSSR count). The predicted molar refractivity (Wildman–Crippen MR) is 118 cm³/mol. The third kappa shape index (κ3) is 3.00. The zero-order valence-electron chi connectivity index (χ0n) is 16.7. The van der Waals surface area contributed by atoms with Gasteiger partial charge >= 0.3 is 5.69 Å². The van der Waals surface area contributed by atoms with Crippen LogP contribution < -0.4 is 4.90 Å². The first-order chi connectivity index (χ1) is 15.9. The van der Waals surface area contributed by atoms with Crippen LogP contribution >= 0.6 is 0 Å². The monoisotopic (exact) mass is 440 g/mol. The zero-order chi connectivity index (χ0) is 23.3. The van der Waals surface area contributed by atoms with Gasteiger partial charge in [0.15, 0.2) is 0 Å². The molecule has 160 valence electrons. The maximum absolute atomic E-state index is 13.5. The van der Waals surface area contributed by atoms with Crippen molar-refractivity contribution in [3.63, 3.8) is 0 Å². The number of aromatic nitrogens is 1. The molecule has 1 aliphatic rings. The molecule has 0 saturated carbocycles. The smallest absolute Gasteiger partial charge is 0.268 e. The minimum Gasteiger partial charge on any atom is -0.268 e. The van der Waals surface area contributed by atoms with Gasteiger partial charge in [0.2, 0.25) is 0 Å². The summed E-state index contributed by atoms with van der Waals surface area (Å²) >= 11 is 0. The van der Waals surface area contributed by atoms with E-state index in [9.17, 15) is 29.8 Å². The lowest BCUT2D eigenvalue weighted by Gasteiger charge is -2.13. The van der Waals surface area contributed by atoms with Crippen LogP contribution in [0, 0.1) is 20.2 Å². The standard InChI is InChI=1S/C23H12N4O6/c28-22-18-16-11-15(26(30)31)12-17(27(32)33)21(16)24-20(13-7-3-1-4-8-13)19(18)23(29)25(22)14-9-5-2-6-10-14/h1-12H. The number of nitro benzene ring substituents is 2. The van der Waals surface area contributed by atoms with E-state index in [-0.39, 0.29) is 27.7 Å². The first kappa shape index (κ1) is 19.9. The second-order valence-corrected chi connectivity index (χ2v) is 7.23. The number of carbonyl (C=O) groups is 2. The average Bonchev–Trinajstić information content (AvgIpc) is 3.09. The first-order valence-electron chi connectivity index (χ1n) is 9.68. The van der Waals surface area contributed by atoms with E-state index in [2.05, 4.69) is 4.98 Å². The molecule has 0 spiro atoms. The molecule has 0 saturated heterocycles. The lowest BCUT2D eigenvalue weighted by molar-refractivity contribution is -0.393. The van der Waals surface area contributed by atoms with Crippen molar-refractivity contribution in [2.45, 2.75) is 0 Å². The SMILES string of the molecule is O=C1c2c(-c3ccccc3)nc3c([N+](=O)[O-])cc([N+](=O)[O-])cc3c2C(=O)N1c1ccccc1. The predicted octanol–water partition coefficient (Wildman–Crippen LogP) is 4.52. The Morgan fingerprint density at radius 3 is 1.97 bits per heavy atom. The normalized spacial score (nSPS) is 12.8. The third-order valence-electron chi connectivity index (χ3n) is 5.36. The Labute approximate surface area is 185 Å². The number of anilines is 1. The number of carbonyl (C=O) groups excluding carboxylic acids is 2. The first-order valence-corrected chi connectivity index (χ1v) is 9.68. The molecule has 0 unspecified atom stereocenters.